The first-order valence-corrected chi connectivity index (χ1v) is 5.33. The Hall–Kier alpha value is -0.610. The molecule has 0 aromatic carbocycles. The van der Waals surface area contributed by atoms with Crippen LogP contribution in [-0.4, -0.2) is 31.2 Å². The van der Waals surface area contributed by atoms with Gasteiger partial charge in [0.1, 0.15) is 0 Å². The van der Waals surface area contributed by atoms with Crippen LogP contribution in [0, 0.1) is 0 Å². The molecule has 1 rings (SSSR count). The Bertz CT molecular complexity index is 179. The predicted molar refractivity (Wildman–Crippen MR) is 54.9 cm³/mol. The van der Waals surface area contributed by atoms with Crippen LogP contribution in [0.1, 0.15) is 32.6 Å². The van der Waals surface area contributed by atoms with Gasteiger partial charge in [0.2, 0.25) is 5.91 Å². The van der Waals surface area contributed by atoms with E-state index in [1.54, 1.807) is 0 Å². The van der Waals surface area contributed by atoms with Gasteiger partial charge in [0.15, 0.2) is 0 Å². The maximum Gasteiger partial charge on any atom is 0.220 e. The lowest BCUT2D eigenvalue weighted by Crippen LogP contribution is -2.37. The van der Waals surface area contributed by atoms with Crippen molar-refractivity contribution in [2.24, 2.45) is 5.73 Å². The Balaban J connectivity index is 2.08. The van der Waals surface area contributed by atoms with E-state index in [0.29, 0.717) is 19.1 Å². The van der Waals surface area contributed by atoms with Crippen LogP contribution in [0.15, 0.2) is 0 Å². The molecule has 0 spiro atoms. The molecule has 1 saturated heterocycles. The van der Waals surface area contributed by atoms with Crippen molar-refractivity contribution in [3.05, 3.63) is 0 Å². The topological polar surface area (TPSA) is 64.3 Å². The Morgan fingerprint density at radius 3 is 3.07 bits per heavy atom. The summed E-state index contributed by atoms with van der Waals surface area (Å²) < 4.78 is 5.43. The standard InChI is InChI=1S/C10H20N2O2/c1-8(7-11)12-10(13)5-4-9-3-2-6-14-9/h8-9H,2-7,11H2,1H3,(H,12,13). The van der Waals surface area contributed by atoms with E-state index in [4.69, 9.17) is 10.5 Å². The Labute approximate surface area is 85.2 Å². The van der Waals surface area contributed by atoms with Crippen LogP contribution in [0.3, 0.4) is 0 Å². The minimum Gasteiger partial charge on any atom is -0.378 e. The van der Waals surface area contributed by atoms with Crippen molar-refractivity contribution in [1.82, 2.24) is 5.32 Å². The number of hydrogen-bond acceptors (Lipinski definition) is 3. The quantitative estimate of drug-likeness (QED) is 0.675. The third kappa shape index (κ3) is 4.07. The van der Waals surface area contributed by atoms with Gasteiger partial charge < -0.3 is 15.8 Å². The number of nitrogens with one attached hydrogen (secondary N) is 1. The van der Waals surface area contributed by atoms with E-state index in [-0.39, 0.29) is 11.9 Å². The summed E-state index contributed by atoms with van der Waals surface area (Å²) in [6, 6.07) is 0.0759. The van der Waals surface area contributed by atoms with Gasteiger partial charge in [-0.05, 0) is 26.2 Å². The molecule has 14 heavy (non-hydrogen) atoms. The molecule has 4 nitrogen and oxygen atoms in total. The van der Waals surface area contributed by atoms with Gasteiger partial charge >= 0.3 is 0 Å². The monoisotopic (exact) mass is 200 g/mol. The van der Waals surface area contributed by atoms with Crippen LogP contribution in [0.2, 0.25) is 0 Å². The van der Waals surface area contributed by atoms with Crippen LogP contribution in [0.5, 0.6) is 0 Å². The van der Waals surface area contributed by atoms with Crippen LogP contribution < -0.4 is 11.1 Å². The van der Waals surface area contributed by atoms with Crippen molar-refractivity contribution in [2.75, 3.05) is 13.2 Å². The highest BCUT2D eigenvalue weighted by Gasteiger charge is 2.16. The average Bonchev–Trinajstić information content (AvgIpc) is 2.67. The molecule has 0 aliphatic carbocycles. The molecule has 1 fully saturated rings. The normalized spacial score (nSPS) is 23.4. The third-order valence-electron chi connectivity index (χ3n) is 2.48. The van der Waals surface area contributed by atoms with Gasteiger partial charge in [0.05, 0.1) is 6.10 Å². The molecule has 1 heterocycles. The van der Waals surface area contributed by atoms with Crippen molar-refractivity contribution in [1.29, 1.82) is 0 Å². The molecule has 4 heteroatoms. The molecule has 3 N–H and O–H groups in total. The number of hydrogen-bond donors (Lipinski definition) is 2. The fourth-order valence-corrected chi connectivity index (χ4v) is 1.57. The summed E-state index contributed by atoms with van der Waals surface area (Å²) in [7, 11) is 0. The molecule has 0 saturated carbocycles. The molecular weight excluding hydrogens is 180 g/mol. The zero-order chi connectivity index (χ0) is 10.4. The highest BCUT2D eigenvalue weighted by Crippen LogP contribution is 2.16. The number of nitrogens with two attached hydrogens (primary N) is 1. The van der Waals surface area contributed by atoms with Crippen LogP contribution in [0.4, 0.5) is 0 Å². The zero-order valence-corrected chi connectivity index (χ0v) is 8.79. The highest BCUT2D eigenvalue weighted by atomic mass is 16.5. The third-order valence-corrected chi connectivity index (χ3v) is 2.48. The second-order valence-corrected chi connectivity index (χ2v) is 3.88. The van der Waals surface area contributed by atoms with E-state index >= 15 is 0 Å². The maximum absolute atomic E-state index is 11.3. The molecule has 1 aliphatic rings. The Morgan fingerprint density at radius 1 is 1.71 bits per heavy atom. The van der Waals surface area contributed by atoms with Crippen LogP contribution in [-0.2, 0) is 9.53 Å². The van der Waals surface area contributed by atoms with Gasteiger partial charge in [-0.3, -0.25) is 4.79 Å². The first-order chi connectivity index (χ1) is 6.72. The Morgan fingerprint density at radius 2 is 2.50 bits per heavy atom. The Kier molecular flexibility index (Phi) is 4.90. The van der Waals surface area contributed by atoms with Crippen LogP contribution in [0.25, 0.3) is 0 Å². The second-order valence-electron chi connectivity index (χ2n) is 3.88. The number of carbonyl (C=O) groups is 1. The summed E-state index contributed by atoms with van der Waals surface area (Å²) in [5.74, 6) is 0.0819. The van der Waals surface area contributed by atoms with Gasteiger partial charge in [-0.25, -0.2) is 0 Å². The second kappa shape index (κ2) is 5.98. The number of carbonyl (C=O) groups excluding carboxylic acids is 1. The van der Waals surface area contributed by atoms with Crippen molar-refractivity contribution in [3.63, 3.8) is 0 Å². The fourth-order valence-electron chi connectivity index (χ4n) is 1.57. The van der Waals surface area contributed by atoms with E-state index in [9.17, 15) is 4.79 Å². The lowest BCUT2D eigenvalue weighted by molar-refractivity contribution is -0.122. The predicted octanol–water partition coefficient (Wildman–Crippen LogP) is 0.409. The molecule has 0 radical (unpaired) electrons. The lowest BCUT2D eigenvalue weighted by atomic mass is 10.1. The summed E-state index contributed by atoms with van der Waals surface area (Å²) in [5, 5.41) is 2.83. The van der Waals surface area contributed by atoms with Crippen molar-refractivity contribution >= 4 is 5.91 Å². The first-order valence-electron chi connectivity index (χ1n) is 5.33. The molecule has 0 aromatic rings. The van der Waals surface area contributed by atoms with E-state index in [1.165, 1.54) is 0 Å². The minimum atomic E-state index is 0.0759. The van der Waals surface area contributed by atoms with E-state index in [0.717, 1.165) is 25.9 Å². The van der Waals surface area contributed by atoms with Crippen LogP contribution >= 0.6 is 0 Å². The summed E-state index contributed by atoms with van der Waals surface area (Å²) in [4.78, 5) is 11.3. The number of ether oxygens (including phenoxy) is 1. The largest absolute Gasteiger partial charge is 0.378 e. The van der Waals surface area contributed by atoms with E-state index < -0.39 is 0 Å². The summed E-state index contributed by atoms with van der Waals surface area (Å²) >= 11 is 0. The van der Waals surface area contributed by atoms with Gasteiger partial charge in [-0.1, -0.05) is 0 Å². The van der Waals surface area contributed by atoms with Crippen molar-refractivity contribution < 1.29 is 9.53 Å². The first kappa shape index (κ1) is 11.5. The average molecular weight is 200 g/mol. The molecule has 1 amide bonds. The SMILES string of the molecule is CC(CN)NC(=O)CCC1CCCO1. The molecule has 2 unspecified atom stereocenters. The number of amides is 1. The zero-order valence-electron chi connectivity index (χ0n) is 8.79. The summed E-state index contributed by atoms with van der Waals surface area (Å²) in [6.45, 7) is 3.25. The molecule has 0 aromatic heterocycles. The van der Waals surface area contributed by atoms with E-state index in [2.05, 4.69) is 5.32 Å². The molecule has 0 bridgehead atoms. The van der Waals surface area contributed by atoms with Gasteiger partial charge in [0, 0.05) is 25.6 Å². The number of rotatable bonds is 5. The minimum absolute atomic E-state index is 0.0759. The van der Waals surface area contributed by atoms with Crippen molar-refractivity contribution in [2.45, 2.75) is 44.8 Å². The maximum atomic E-state index is 11.3. The molecule has 82 valence electrons. The molecule has 2 atom stereocenters. The summed E-state index contributed by atoms with van der Waals surface area (Å²) in [6.07, 6.45) is 3.91. The fraction of sp³-hybridized carbons (Fsp3) is 0.900. The lowest BCUT2D eigenvalue weighted by Gasteiger charge is -2.12. The van der Waals surface area contributed by atoms with E-state index in [1.807, 2.05) is 6.92 Å². The van der Waals surface area contributed by atoms with Gasteiger partial charge in [-0.15, -0.1) is 0 Å². The smallest absolute Gasteiger partial charge is 0.220 e. The molecular formula is C10H20N2O2. The van der Waals surface area contributed by atoms with Crippen molar-refractivity contribution in [3.8, 4) is 0 Å². The summed E-state index contributed by atoms with van der Waals surface area (Å²) in [5.41, 5.74) is 5.40. The van der Waals surface area contributed by atoms with Gasteiger partial charge in [0.25, 0.3) is 0 Å². The highest BCUT2D eigenvalue weighted by molar-refractivity contribution is 5.76. The molecule has 1 aliphatic heterocycles. The van der Waals surface area contributed by atoms with Gasteiger partial charge in [-0.2, -0.15) is 0 Å².